The Balaban J connectivity index is 3.12. The third kappa shape index (κ3) is 1.67. The van der Waals surface area contributed by atoms with Crippen LogP contribution in [-0.4, -0.2) is 20.7 Å². The molecule has 3 heteroatoms. The Morgan fingerprint density at radius 3 is 2.58 bits per heavy atom. The van der Waals surface area contributed by atoms with Crippen molar-refractivity contribution in [2.45, 2.75) is 6.92 Å². The summed E-state index contributed by atoms with van der Waals surface area (Å²) in [7, 11) is 7.15. The maximum atomic E-state index is 10.9. The van der Waals surface area contributed by atoms with Crippen LogP contribution in [-0.2, 0) is 0 Å². The van der Waals surface area contributed by atoms with Crippen molar-refractivity contribution >= 4 is 19.1 Å². The second-order valence-corrected chi connectivity index (χ2v) is 2.51. The molecule has 0 heterocycles. The van der Waals surface area contributed by atoms with Gasteiger partial charge in [0, 0.05) is 5.56 Å². The van der Waals surface area contributed by atoms with Crippen LogP contribution in [0.2, 0.25) is 0 Å². The molecule has 0 aliphatic heterocycles. The van der Waals surface area contributed by atoms with Crippen LogP contribution in [0.3, 0.4) is 0 Å². The number of hydrogen-bond donors (Lipinski definition) is 0. The average molecular weight is 160 g/mol. The minimum atomic E-state index is -0.0323. The van der Waals surface area contributed by atoms with E-state index < -0.39 is 0 Å². The largest absolute Gasteiger partial charge is 0.497 e. The van der Waals surface area contributed by atoms with E-state index in [9.17, 15) is 4.79 Å². The molecule has 0 atom stereocenters. The molecule has 0 aromatic heterocycles. The molecule has 0 unspecified atom stereocenters. The molecular formula is C9H9BO2. The molecule has 0 aliphatic carbocycles. The molecule has 0 N–H and O–H groups in total. The topological polar surface area (TPSA) is 26.3 Å². The Bertz CT molecular complexity index is 307. The molecule has 0 aliphatic rings. The highest BCUT2D eigenvalue weighted by Gasteiger charge is 2.03. The average Bonchev–Trinajstić information content (AvgIpc) is 2.03. The first-order chi connectivity index (χ1) is 5.65. The van der Waals surface area contributed by atoms with Crippen LogP contribution in [0.25, 0.3) is 0 Å². The summed E-state index contributed by atoms with van der Waals surface area (Å²) in [5.74, 6) is 0.632. The number of ketones is 1. The van der Waals surface area contributed by atoms with Crippen molar-refractivity contribution in [3.63, 3.8) is 0 Å². The summed E-state index contributed by atoms with van der Waals surface area (Å²) < 4.78 is 4.94. The van der Waals surface area contributed by atoms with Crippen LogP contribution in [0.15, 0.2) is 18.2 Å². The fraction of sp³-hybridized carbons (Fsp3) is 0.222. The summed E-state index contributed by atoms with van der Waals surface area (Å²) in [6.45, 7) is 1.48. The van der Waals surface area contributed by atoms with Crippen LogP contribution in [0.4, 0.5) is 0 Å². The maximum Gasteiger partial charge on any atom is 0.159 e. The number of hydrogen-bond acceptors (Lipinski definition) is 2. The van der Waals surface area contributed by atoms with Crippen LogP contribution in [0.1, 0.15) is 17.3 Å². The van der Waals surface area contributed by atoms with Gasteiger partial charge in [0.05, 0.1) is 7.11 Å². The van der Waals surface area contributed by atoms with E-state index in [1.807, 2.05) is 0 Å². The number of ether oxygens (including phenoxy) is 1. The second kappa shape index (κ2) is 3.43. The quantitative estimate of drug-likeness (QED) is 0.470. The number of methoxy groups -OCH3 is 1. The lowest BCUT2D eigenvalue weighted by Crippen LogP contribution is -2.13. The molecule has 0 amide bonds. The van der Waals surface area contributed by atoms with Gasteiger partial charge in [-0.3, -0.25) is 4.79 Å². The molecule has 0 saturated heterocycles. The van der Waals surface area contributed by atoms with Gasteiger partial charge >= 0.3 is 0 Å². The van der Waals surface area contributed by atoms with Crippen LogP contribution in [0.5, 0.6) is 5.75 Å². The van der Waals surface area contributed by atoms with Crippen molar-refractivity contribution in [1.82, 2.24) is 0 Å². The first kappa shape index (κ1) is 8.85. The molecule has 0 fully saturated rings. The number of rotatable bonds is 2. The minimum Gasteiger partial charge on any atom is -0.497 e. The Morgan fingerprint density at radius 1 is 1.50 bits per heavy atom. The van der Waals surface area contributed by atoms with E-state index in [-0.39, 0.29) is 5.78 Å². The zero-order valence-electron chi connectivity index (χ0n) is 7.13. The number of Topliss-reactive ketones (excluding diaryl/α,β-unsaturated/α-hetero) is 1. The lowest BCUT2D eigenvalue weighted by Gasteiger charge is -2.04. The summed E-state index contributed by atoms with van der Waals surface area (Å²) in [5.41, 5.74) is 0.998. The summed E-state index contributed by atoms with van der Waals surface area (Å²) in [4.78, 5) is 10.9. The number of carbonyl (C=O) groups excluding carboxylic acids is 1. The Labute approximate surface area is 73.0 Å². The zero-order valence-corrected chi connectivity index (χ0v) is 7.13. The lowest BCUT2D eigenvalue weighted by molar-refractivity contribution is 0.101. The molecule has 1 rings (SSSR count). The van der Waals surface area contributed by atoms with E-state index in [0.29, 0.717) is 16.8 Å². The van der Waals surface area contributed by atoms with Gasteiger partial charge in [0.2, 0.25) is 0 Å². The monoisotopic (exact) mass is 160 g/mol. The third-order valence-corrected chi connectivity index (χ3v) is 1.64. The Morgan fingerprint density at radius 2 is 2.17 bits per heavy atom. The van der Waals surface area contributed by atoms with Gasteiger partial charge in [-0.15, -0.1) is 0 Å². The summed E-state index contributed by atoms with van der Waals surface area (Å²) >= 11 is 0. The van der Waals surface area contributed by atoms with E-state index in [0.717, 1.165) is 0 Å². The van der Waals surface area contributed by atoms with Gasteiger partial charge in [-0.05, 0) is 25.1 Å². The lowest BCUT2D eigenvalue weighted by atomic mass is 9.89. The molecule has 0 saturated carbocycles. The van der Waals surface area contributed by atoms with Crippen molar-refractivity contribution in [2.24, 2.45) is 0 Å². The van der Waals surface area contributed by atoms with Gasteiger partial charge in [-0.25, -0.2) is 0 Å². The van der Waals surface area contributed by atoms with Crippen molar-refractivity contribution in [2.75, 3.05) is 7.11 Å². The van der Waals surface area contributed by atoms with Gasteiger partial charge in [-0.2, -0.15) is 0 Å². The van der Waals surface area contributed by atoms with Gasteiger partial charge in [-0.1, -0.05) is 5.46 Å². The van der Waals surface area contributed by atoms with Gasteiger partial charge in [0.1, 0.15) is 13.6 Å². The van der Waals surface area contributed by atoms with Crippen molar-refractivity contribution in [3.05, 3.63) is 23.8 Å². The minimum absolute atomic E-state index is 0.0323. The van der Waals surface area contributed by atoms with E-state index in [2.05, 4.69) is 0 Å². The molecule has 0 bridgehead atoms. The van der Waals surface area contributed by atoms with E-state index in [4.69, 9.17) is 12.6 Å². The first-order valence-corrected chi connectivity index (χ1v) is 3.59. The van der Waals surface area contributed by atoms with Crippen molar-refractivity contribution in [1.29, 1.82) is 0 Å². The van der Waals surface area contributed by atoms with E-state index >= 15 is 0 Å². The molecule has 0 spiro atoms. The molecule has 1 aromatic carbocycles. The maximum absolute atomic E-state index is 10.9. The highest BCUT2D eigenvalue weighted by molar-refractivity contribution is 6.36. The molecule has 2 radical (unpaired) electrons. The van der Waals surface area contributed by atoms with Crippen molar-refractivity contribution in [3.8, 4) is 5.75 Å². The highest BCUT2D eigenvalue weighted by atomic mass is 16.5. The predicted octanol–water partition coefficient (Wildman–Crippen LogP) is 0.692. The first-order valence-electron chi connectivity index (χ1n) is 3.59. The zero-order chi connectivity index (χ0) is 9.14. The van der Waals surface area contributed by atoms with Crippen LogP contribution >= 0.6 is 0 Å². The summed E-state index contributed by atoms with van der Waals surface area (Å²) in [6, 6.07) is 5.01. The fourth-order valence-corrected chi connectivity index (χ4v) is 0.988. The van der Waals surface area contributed by atoms with E-state index in [1.165, 1.54) is 6.92 Å². The third-order valence-electron chi connectivity index (χ3n) is 1.64. The van der Waals surface area contributed by atoms with E-state index in [1.54, 1.807) is 25.3 Å². The molecule has 1 aromatic rings. The molecular weight excluding hydrogens is 151 g/mol. The number of carbonyl (C=O) groups is 1. The SMILES string of the molecule is [B]c1cc(OC)ccc1C(C)=O. The number of benzene rings is 1. The molecule has 2 nitrogen and oxygen atoms in total. The normalized spacial score (nSPS) is 9.50. The summed E-state index contributed by atoms with van der Waals surface area (Å²) in [6.07, 6.45) is 0. The van der Waals surface area contributed by atoms with Gasteiger partial charge in [0.25, 0.3) is 0 Å². The van der Waals surface area contributed by atoms with Crippen LogP contribution < -0.4 is 10.2 Å². The van der Waals surface area contributed by atoms with Crippen LogP contribution in [0, 0.1) is 0 Å². The van der Waals surface area contributed by atoms with Crippen molar-refractivity contribution < 1.29 is 9.53 Å². The van der Waals surface area contributed by atoms with Gasteiger partial charge in [0.15, 0.2) is 5.78 Å². The summed E-state index contributed by atoms with van der Waals surface area (Å²) in [5, 5.41) is 0. The Kier molecular flexibility index (Phi) is 2.53. The molecule has 60 valence electrons. The molecule has 12 heavy (non-hydrogen) atoms. The standard InChI is InChI=1S/C9H9BO2/c1-6(11)8-4-3-7(12-2)5-9(8)10/h3-5H,1-2H3. The fourth-order valence-electron chi connectivity index (χ4n) is 0.988. The smallest absolute Gasteiger partial charge is 0.159 e. The predicted molar refractivity (Wildman–Crippen MR) is 48.4 cm³/mol. The second-order valence-electron chi connectivity index (χ2n) is 2.51. The van der Waals surface area contributed by atoms with Gasteiger partial charge < -0.3 is 4.74 Å². The highest BCUT2D eigenvalue weighted by Crippen LogP contribution is 2.08. The Hall–Kier alpha value is -1.25.